The van der Waals surface area contributed by atoms with E-state index in [1.807, 2.05) is 24.4 Å². The average Bonchev–Trinajstić information content (AvgIpc) is 2.74. The van der Waals surface area contributed by atoms with E-state index in [0.29, 0.717) is 24.4 Å². The number of benzene rings is 1. The molecular weight excluding hydrogens is 393 g/mol. The van der Waals surface area contributed by atoms with Crippen LogP contribution in [0, 0.1) is 0 Å². The van der Waals surface area contributed by atoms with Gasteiger partial charge >= 0.3 is 7.12 Å². The van der Waals surface area contributed by atoms with Crippen LogP contribution in [0.1, 0.15) is 52.0 Å². The van der Waals surface area contributed by atoms with E-state index in [9.17, 15) is 5.11 Å². The number of rotatable bonds is 9. The van der Waals surface area contributed by atoms with Gasteiger partial charge in [0, 0.05) is 36.6 Å². The smallest absolute Gasteiger partial charge is 0.458 e. The maximum atomic E-state index is 10.1. The maximum Gasteiger partial charge on any atom is 0.458 e. The van der Waals surface area contributed by atoms with E-state index in [2.05, 4.69) is 38.7 Å². The first-order valence-electron chi connectivity index (χ1n) is 11.1. The van der Waals surface area contributed by atoms with Crippen molar-refractivity contribution < 1.29 is 23.9 Å². The third-order valence-electron chi connectivity index (χ3n) is 5.50. The number of hydrogen-bond donors (Lipinski definition) is 1. The van der Waals surface area contributed by atoms with Crippen molar-refractivity contribution in [2.75, 3.05) is 20.3 Å². The van der Waals surface area contributed by atoms with Crippen LogP contribution in [0.3, 0.4) is 0 Å². The molecule has 1 aromatic carbocycles. The summed E-state index contributed by atoms with van der Waals surface area (Å²) in [4.78, 5) is 4.44. The van der Waals surface area contributed by atoms with E-state index in [-0.39, 0.29) is 31.3 Å². The number of methoxy groups -OCH3 is 1. The van der Waals surface area contributed by atoms with Gasteiger partial charge in [-0.2, -0.15) is 0 Å². The highest BCUT2D eigenvalue weighted by atomic mass is 16.6. The Morgan fingerprint density at radius 2 is 2.03 bits per heavy atom. The SMILES string of the molecule is CCCOc1cc(-c2cncc([C@@H](CO)CB3O[C@@H](C)CC(C)(C)O3)c2)ccc1OC. The number of aromatic nitrogens is 1. The molecule has 1 aliphatic heterocycles. The fourth-order valence-electron chi connectivity index (χ4n) is 4.10. The predicted octanol–water partition coefficient (Wildman–Crippen LogP) is 4.71. The zero-order valence-corrected chi connectivity index (χ0v) is 19.3. The Labute approximate surface area is 186 Å². The molecule has 0 radical (unpaired) electrons. The van der Waals surface area contributed by atoms with Gasteiger partial charge in [-0.3, -0.25) is 4.98 Å². The molecule has 1 aromatic heterocycles. The highest BCUT2D eigenvalue weighted by Gasteiger charge is 2.38. The summed E-state index contributed by atoms with van der Waals surface area (Å²) in [7, 11) is 1.29. The van der Waals surface area contributed by atoms with Crippen LogP contribution in [0.25, 0.3) is 11.1 Å². The Balaban J connectivity index is 1.81. The van der Waals surface area contributed by atoms with Crippen LogP contribution in [0.15, 0.2) is 36.7 Å². The molecule has 1 N–H and O–H groups in total. The van der Waals surface area contributed by atoms with Gasteiger partial charge < -0.3 is 23.9 Å². The van der Waals surface area contributed by atoms with Crippen molar-refractivity contribution >= 4 is 7.12 Å². The lowest BCUT2D eigenvalue weighted by Crippen LogP contribution is -2.46. The van der Waals surface area contributed by atoms with Gasteiger partial charge in [0.1, 0.15) is 0 Å². The van der Waals surface area contributed by atoms with E-state index >= 15 is 0 Å². The van der Waals surface area contributed by atoms with Crippen LogP contribution in [-0.2, 0) is 9.31 Å². The van der Waals surface area contributed by atoms with Crippen LogP contribution in [0.5, 0.6) is 11.5 Å². The van der Waals surface area contributed by atoms with Gasteiger partial charge in [-0.1, -0.05) is 13.0 Å². The van der Waals surface area contributed by atoms with E-state index < -0.39 is 0 Å². The quantitative estimate of drug-likeness (QED) is 0.585. The molecule has 6 nitrogen and oxygen atoms in total. The molecule has 168 valence electrons. The maximum absolute atomic E-state index is 10.1. The second kappa shape index (κ2) is 10.5. The van der Waals surface area contributed by atoms with Crippen LogP contribution in [-0.4, -0.2) is 49.2 Å². The standard InChI is InChI=1S/C24H34BNO5/c1-6-9-29-23-11-18(7-8-22(23)28-5)19-10-20(15-26-14-19)21(16-27)13-25-30-17(2)12-24(3,4)31-25/h7-8,10-11,14-15,17,21,27H,6,9,12-13,16H2,1-5H3/t17-,21+/m0/s1. The topological polar surface area (TPSA) is 70.0 Å². The van der Waals surface area contributed by atoms with E-state index in [0.717, 1.165) is 29.5 Å². The van der Waals surface area contributed by atoms with Gasteiger partial charge in [0.2, 0.25) is 0 Å². The number of ether oxygens (including phenoxy) is 2. The first kappa shape index (κ1) is 23.6. The summed E-state index contributed by atoms with van der Waals surface area (Å²) in [5.74, 6) is 1.29. The molecule has 1 fully saturated rings. The normalized spacial score (nSPS) is 19.2. The minimum atomic E-state index is -0.352. The first-order chi connectivity index (χ1) is 14.8. The molecule has 1 saturated heterocycles. The molecular formula is C24H34BNO5. The number of aliphatic hydroxyl groups is 1. The van der Waals surface area contributed by atoms with E-state index in [1.54, 1.807) is 13.3 Å². The number of pyridine rings is 1. The number of hydrogen-bond acceptors (Lipinski definition) is 6. The van der Waals surface area contributed by atoms with Crippen LogP contribution in [0.4, 0.5) is 0 Å². The predicted molar refractivity (Wildman–Crippen MR) is 123 cm³/mol. The molecule has 1 aliphatic rings. The third kappa shape index (κ3) is 6.22. The minimum absolute atomic E-state index is 0.00334. The van der Waals surface area contributed by atoms with E-state index in [1.165, 1.54) is 0 Å². The third-order valence-corrected chi connectivity index (χ3v) is 5.50. The summed E-state index contributed by atoms with van der Waals surface area (Å²) >= 11 is 0. The molecule has 2 aromatic rings. The van der Waals surface area contributed by atoms with Crippen molar-refractivity contribution in [3.8, 4) is 22.6 Å². The monoisotopic (exact) mass is 427 g/mol. The number of aliphatic hydroxyl groups excluding tert-OH is 1. The first-order valence-corrected chi connectivity index (χ1v) is 11.1. The van der Waals surface area contributed by atoms with Crippen LogP contribution < -0.4 is 9.47 Å². The lowest BCUT2D eigenvalue weighted by molar-refractivity contribution is -0.0297. The zero-order valence-electron chi connectivity index (χ0n) is 19.3. The average molecular weight is 427 g/mol. The fraction of sp³-hybridized carbons (Fsp3) is 0.542. The summed E-state index contributed by atoms with van der Waals surface area (Å²) in [6, 6.07) is 7.94. The highest BCUT2D eigenvalue weighted by Crippen LogP contribution is 2.35. The zero-order chi connectivity index (χ0) is 22.4. The van der Waals surface area contributed by atoms with Crippen molar-refractivity contribution in [1.82, 2.24) is 4.98 Å². The molecule has 2 atom stereocenters. The van der Waals surface area contributed by atoms with Gasteiger partial charge in [0.15, 0.2) is 11.5 Å². The van der Waals surface area contributed by atoms with Crippen molar-refractivity contribution in [2.24, 2.45) is 0 Å². The second-order valence-electron chi connectivity index (χ2n) is 8.79. The largest absolute Gasteiger partial charge is 0.493 e. The fourth-order valence-corrected chi connectivity index (χ4v) is 4.10. The molecule has 0 unspecified atom stereocenters. The Morgan fingerprint density at radius 3 is 2.71 bits per heavy atom. The molecule has 0 bridgehead atoms. The highest BCUT2D eigenvalue weighted by molar-refractivity contribution is 6.45. The van der Waals surface area contributed by atoms with Gasteiger partial charge in [0.05, 0.1) is 19.3 Å². The Bertz CT molecular complexity index is 860. The summed E-state index contributed by atoms with van der Waals surface area (Å²) < 4.78 is 23.4. The van der Waals surface area contributed by atoms with E-state index in [4.69, 9.17) is 18.8 Å². The van der Waals surface area contributed by atoms with Gasteiger partial charge in [-0.25, -0.2) is 0 Å². The van der Waals surface area contributed by atoms with Gasteiger partial charge in [-0.15, -0.1) is 0 Å². The Hall–Kier alpha value is -2.09. The van der Waals surface area contributed by atoms with Gasteiger partial charge in [-0.05, 0) is 69.3 Å². The molecule has 0 amide bonds. The number of nitrogens with zero attached hydrogens (tertiary/aromatic N) is 1. The summed E-state index contributed by atoms with van der Waals surface area (Å²) in [6.07, 6.45) is 6.09. The molecule has 0 saturated carbocycles. The van der Waals surface area contributed by atoms with Crippen LogP contribution in [0.2, 0.25) is 6.32 Å². The Kier molecular flexibility index (Phi) is 7.97. The Morgan fingerprint density at radius 1 is 1.23 bits per heavy atom. The second-order valence-corrected chi connectivity index (χ2v) is 8.79. The molecule has 31 heavy (non-hydrogen) atoms. The summed E-state index contributed by atoms with van der Waals surface area (Å²) in [5, 5.41) is 10.1. The van der Waals surface area contributed by atoms with Crippen molar-refractivity contribution in [3.05, 3.63) is 42.2 Å². The minimum Gasteiger partial charge on any atom is -0.493 e. The lowest BCUT2D eigenvalue weighted by Gasteiger charge is -2.39. The molecule has 2 heterocycles. The van der Waals surface area contributed by atoms with Crippen LogP contribution >= 0.6 is 0 Å². The molecule has 0 aliphatic carbocycles. The summed E-state index contributed by atoms with van der Waals surface area (Å²) in [5.41, 5.74) is 2.66. The summed E-state index contributed by atoms with van der Waals surface area (Å²) in [6.45, 7) is 8.92. The molecule has 0 spiro atoms. The lowest BCUT2D eigenvalue weighted by atomic mass is 9.72. The van der Waals surface area contributed by atoms with Gasteiger partial charge in [0.25, 0.3) is 0 Å². The van der Waals surface area contributed by atoms with Crippen molar-refractivity contribution in [1.29, 1.82) is 0 Å². The molecule has 3 rings (SSSR count). The molecule has 7 heteroatoms. The van der Waals surface area contributed by atoms with Crippen molar-refractivity contribution in [3.63, 3.8) is 0 Å². The van der Waals surface area contributed by atoms with Crippen molar-refractivity contribution in [2.45, 2.75) is 64.5 Å².